The number of thiophene rings is 1. The summed E-state index contributed by atoms with van der Waals surface area (Å²) in [6, 6.07) is -0.733. The number of hydrogen-bond acceptors (Lipinski definition) is 7. The molecule has 0 aromatic carbocycles. The molecule has 0 saturated carbocycles. The molecule has 2 N–H and O–H groups in total. The van der Waals surface area contributed by atoms with E-state index in [9.17, 15) is 14.7 Å². The van der Waals surface area contributed by atoms with Crippen LogP contribution in [0.15, 0.2) is 6.33 Å². The van der Waals surface area contributed by atoms with E-state index in [0.29, 0.717) is 32.9 Å². The van der Waals surface area contributed by atoms with Gasteiger partial charge in [0.15, 0.2) is 0 Å². The van der Waals surface area contributed by atoms with Crippen molar-refractivity contribution >= 4 is 39.3 Å². The van der Waals surface area contributed by atoms with Gasteiger partial charge in [0.1, 0.15) is 27.9 Å². The van der Waals surface area contributed by atoms with Gasteiger partial charge in [-0.3, -0.25) is 0 Å². The zero-order chi connectivity index (χ0) is 18.6. The predicted octanol–water partition coefficient (Wildman–Crippen LogP) is 3.62. The molecule has 0 spiro atoms. The lowest BCUT2D eigenvalue weighted by Crippen LogP contribution is -2.29. The number of carbonyl (C=O) groups is 2. The Morgan fingerprint density at radius 3 is 2.68 bits per heavy atom. The maximum Gasteiger partial charge on any atom is 0.348 e. The molecule has 0 radical (unpaired) electrons. The van der Waals surface area contributed by atoms with Gasteiger partial charge in [0, 0.05) is 0 Å². The maximum atomic E-state index is 12.3. The van der Waals surface area contributed by atoms with Crippen molar-refractivity contribution in [1.29, 1.82) is 0 Å². The van der Waals surface area contributed by atoms with Crippen LogP contribution in [0.5, 0.6) is 0 Å². The number of fused-ring (bicyclic) bond motifs is 1. The first kappa shape index (κ1) is 19.1. The molecule has 0 aliphatic rings. The fourth-order valence-electron chi connectivity index (χ4n) is 2.47. The number of anilines is 1. The van der Waals surface area contributed by atoms with Crippen LogP contribution in [0, 0.1) is 6.92 Å². The number of nitrogens with one attached hydrogen (secondary N) is 1. The molecule has 7 nitrogen and oxygen atoms in total. The second kappa shape index (κ2) is 8.24. The third-order valence-corrected chi connectivity index (χ3v) is 4.89. The van der Waals surface area contributed by atoms with Gasteiger partial charge in [-0.2, -0.15) is 0 Å². The van der Waals surface area contributed by atoms with Gasteiger partial charge in [-0.15, -0.1) is 11.3 Å². The number of carboxylic acids is 1. The summed E-state index contributed by atoms with van der Waals surface area (Å²) < 4.78 is 5.27. The SMILES string of the molecule is CCCCC(Nc1ncnc2sc(C(=O)OC(C)C)c(C)c12)C(=O)O. The number of carboxylic acid groups (broad SMARTS) is 1. The number of nitrogens with zero attached hydrogens (tertiary/aromatic N) is 2. The van der Waals surface area contributed by atoms with Gasteiger partial charge in [0.25, 0.3) is 0 Å². The minimum Gasteiger partial charge on any atom is -0.480 e. The molecule has 8 heteroatoms. The van der Waals surface area contributed by atoms with Crippen LogP contribution in [0.2, 0.25) is 0 Å². The molecule has 1 unspecified atom stereocenters. The molecule has 2 aromatic rings. The summed E-state index contributed by atoms with van der Waals surface area (Å²) in [5.74, 6) is -0.888. The zero-order valence-electron chi connectivity index (χ0n) is 14.8. The Kier molecular flexibility index (Phi) is 6.30. The van der Waals surface area contributed by atoms with E-state index in [1.807, 2.05) is 6.92 Å². The van der Waals surface area contributed by atoms with Crippen LogP contribution < -0.4 is 5.32 Å². The number of aryl methyl sites for hydroxylation is 1. The van der Waals surface area contributed by atoms with E-state index < -0.39 is 18.0 Å². The van der Waals surface area contributed by atoms with Gasteiger partial charge in [0.05, 0.1) is 11.5 Å². The largest absolute Gasteiger partial charge is 0.480 e. The number of unbranched alkanes of at least 4 members (excludes halogenated alkanes) is 1. The zero-order valence-corrected chi connectivity index (χ0v) is 15.6. The topological polar surface area (TPSA) is 101 Å². The predicted molar refractivity (Wildman–Crippen MR) is 97.3 cm³/mol. The maximum absolute atomic E-state index is 12.3. The van der Waals surface area contributed by atoms with Crippen molar-refractivity contribution in [3.63, 3.8) is 0 Å². The second-order valence-corrected chi connectivity index (χ2v) is 7.09. The Balaban J connectivity index is 2.39. The summed E-state index contributed by atoms with van der Waals surface area (Å²) in [7, 11) is 0. The molecule has 2 aromatic heterocycles. The molecular formula is C17H23N3O4S. The highest BCUT2D eigenvalue weighted by Crippen LogP contribution is 2.34. The highest BCUT2D eigenvalue weighted by atomic mass is 32.1. The summed E-state index contributed by atoms with van der Waals surface area (Å²) in [5, 5.41) is 13.1. The van der Waals surface area contributed by atoms with Crippen molar-refractivity contribution in [2.24, 2.45) is 0 Å². The molecule has 0 fully saturated rings. The molecular weight excluding hydrogens is 342 g/mol. The first-order valence-corrected chi connectivity index (χ1v) is 9.11. The average Bonchev–Trinajstić information content (AvgIpc) is 2.88. The van der Waals surface area contributed by atoms with Gasteiger partial charge in [-0.05, 0) is 32.8 Å². The summed E-state index contributed by atoms with van der Waals surface area (Å²) >= 11 is 1.23. The first-order valence-electron chi connectivity index (χ1n) is 8.29. The fourth-order valence-corrected chi connectivity index (χ4v) is 3.51. The van der Waals surface area contributed by atoms with E-state index in [4.69, 9.17) is 4.74 Å². The van der Waals surface area contributed by atoms with Gasteiger partial charge in [-0.1, -0.05) is 19.8 Å². The first-order chi connectivity index (χ1) is 11.8. The lowest BCUT2D eigenvalue weighted by atomic mass is 10.1. The summed E-state index contributed by atoms with van der Waals surface area (Å²) in [5.41, 5.74) is 0.702. The van der Waals surface area contributed by atoms with Gasteiger partial charge in [0.2, 0.25) is 0 Å². The number of aliphatic carboxylic acids is 1. The highest BCUT2D eigenvalue weighted by Gasteiger charge is 2.23. The average molecular weight is 365 g/mol. The van der Waals surface area contributed by atoms with Crippen LogP contribution in [0.25, 0.3) is 10.2 Å². The molecule has 25 heavy (non-hydrogen) atoms. The molecule has 2 heterocycles. The standard InChI is InChI=1S/C17H23N3O4S/c1-5-6-7-11(16(21)22)20-14-12-10(4)13(17(23)24-9(2)3)25-15(12)19-8-18-14/h8-9,11H,5-7H2,1-4H3,(H,21,22)(H,18,19,20). The van der Waals surface area contributed by atoms with Gasteiger partial charge >= 0.3 is 11.9 Å². The molecule has 0 aliphatic carbocycles. The van der Waals surface area contributed by atoms with Crippen LogP contribution in [0.3, 0.4) is 0 Å². The summed E-state index contributed by atoms with van der Waals surface area (Å²) in [6.45, 7) is 7.39. The number of ether oxygens (including phenoxy) is 1. The Bertz CT molecular complexity index is 773. The second-order valence-electron chi connectivity index (χ2n) is 6.09. The molecule has 0 amide bonds. The fraction of sp³-hybridized carbons (Fsp3) is 0.529. The quantitative estimate of drug-likeness (QED) is 0.689. The van der Waals surface area contributed by atoms with Crippen LogP contribution in [-0.2, 0) is 9.53 Å². The summed E-state index contributed by atoms with van der Waals surface area (Å²) in [6.07, 6.45) is 3.37. The summed E-state index contributed by atoms with van der Waals surface area (Å²) in [4.78, 5) is 33.2. The van der Waals surface area contributed by atoms with E-state index >= 15 is 0 Å². The smallest absolute Gasteiger partial charge is 0.348 e. The van der Waals surface area contributed by atoms with Crippen molar-refractivity contribution in [3.8, 4) is 0 Å². The number of hydrogen-bond donors (Lipinski definition) is 2. The lowest BCUT2D eigenvalue weighted by molar-refractivity contribution is -0.138. The van der Waals surface area contributed by atoms with Crippen molar-refractivity contribution in [1.82, 2.24) is 9.97 Å². The minimum absolute atomic E-state index is 0.216. The third-order valence-electron chi connectivity index (χ3n) is 3.71. The lowest BCUT2D eigenvalue weighted by Gasteiger charge is -2.15. The molecule has 0 aliphatic heterocycles. The van der Waals surface area contributed by atoms with E-state index in [1.165, 1.54) is 17.7 Å². The van der Waals surface area contributed by atoms with E-state index in [1.54, 1.807) is 20.8 Å². The van der Waals surface area contributed by atoms with E-state index in [0.717, 1.165) is 12.8 Å². The molecule has 1 atom stereocenters. The van der Waals surface area contributed by atoms with Gasteiger partial charge < -0.3 is 15.2 Å². The van der Waals surface area contributed by atoms with E-state index in [-0.39, 0.29) is 6.10 Å². The molecule has 136 valence electrons. The highest BCUT2D eigenvalue weighted by molar-refractivity contribution is 7.20. The monoisotopic (exact) mass is 365 g/mol. The van der Waals surface area contributed by atoms with Crippen molar-refractivity contribution in [2.75, 3.05) is 5.32 Å². The van der Waals surface area contributed by atoms with Crippen LogP contribution in [-0.4, -0.2) is 39.2 Å². The van der Waals surface area contributed by atoms with Crippen molar-refractivity contribution < 1.29 is 19.4 Å². The Morgan fingerprint density at radius 1 is 1.36 bits per heavy atom. The number of rotatable bonds is 8. The van der Waals surface area contributed by atoms with Crippen LogP contribution >= 0.6 is 11.3 Å². The van der Waals surface area contributed by atoms with Gasteiger partial charge in [-0.25, -0.2) is 19.6 Å². The number of esters is 1. The molecule has 0 saturated heterocycles. The van der Waals surface area contributed by atoms with E-state index in [2.05, 4.69) is 15.3 Å². The van der Waals surface area contributed by atoms with Crippen LogP contribution in [0.4, 0.5) is 5.82 Å². The minimum atomic E-state index is -0.924. The number of aromatic nitrogens is 2. The molecule has 2 rings (SSSR count). The Morgan fingerprint density at radius 2 is 2.08 bits per heavy atom. The molecule has 0 bridgehead atoms. The number of carbonyl (C=O) groups excluding carboxylic acids is 1. The van der Waals surface area contributed by atoms with Crippen molar-refractivity contribution in [3.05, 3.63) is 16.8 Å². The third kappa shape index (κ3) is 4.45. The normalized spacial score (nSPS) is 12.4. The van der Waals surface area contributed by atoms with Crippen LogP contribution in [0.1, 0.15) is 55.3 Å². The van der Waals surface area contributed by atoms with Crippen molar-refractivity contribution in [2.45, 2.75) is 59.1 Å². The Labute approximate surface area is 150 Å². The Hall–Kier alpha value is -2.22.